The van der Waals surface area contributed by atoms with Gasteiger partial charge >= 0.3 is 0 Å². The molecule has 0 aliphatic heterocycles. The molecule has 0 saturated heterocycles. The molecular weight excluding hydrogens is 212 g/mol. The van der Waals surface area contributed by atoms with Gasteiger partial charge in [0.05, 0.1) is 12.4 Å². The lowest BCUT2D eigenvalue weighted by Crippen LogP contribution is -1.49. The van der Waals surface area contributed by atoms with E-state index in [1.807, 2.05) is 0 Å². The third-order valence-electron chi connectivity index (χ3n) is 0.460. The monoisotopic (exact) mass is 214 g/mol. The molecule has 13 heteroatoms. The van der Waals surface area contributed by atoms with Crippen molar-refractivity contribution in [1.29, 1.82) is 0 Å². The molecule has 0 saturated carbocycles. The molecule has 0 bridgehead atoms. The highest BCUT2D eigenvalue weighted by Crippen LogP contribution is 1.86. The van der Waals surface area contributed by atoms with Crippen LogP contribution in [0.25, 0.3) is 0 Å². The molecule has 12 nitrogen and oxygen atoms in total. The van der Waals surface area contributed by atoms with Crippen molar-refractivity contribution in [2.75, 3.05) is 0 Å². The SMILES string of the molecule is C=NN=NN=NN=NN=NN=NN=S. The molecule has 0 heterocycles. The Morgan fingerprint density at radius 1 is 0.571 bits per heavy atom. The van der Waals surface area contributed by atoms with Crippen molar-refractivity contribution in [2.24, 2.45) is 61.8 Å². The molecular formula is CH2N12S. The minimum absolute atomic E-state index is 2.83. The molecule has 0 aliphatic carbocycles. The quantitative estimate of drug-likeness (QED) is 0.371. The topological polar surface area (TPSA) is 148 Å². The number of nitrogens with zero attached hydrogens (tertiary/aromatic N) is 12. The summed E-state index contributed by atoms with van der Waals surface area (Å²) in [7, 11) is 0. The summed E-state index contributed by atoms with van der Waals surface area (Å²) in [6, 6.07) is 0. The minimum Gasteiger partial charge on any atom is -0.145 e. The molecule has 0 fully saturated rings. The summed E-state index contributed by atoms with van der Waals surface area (Å²) < 4.78 is 2.83. The second-order valence-electron chi connectivity index (χ2n) is 1.12. The highest BCUT2D eigenvalue weighted by Gasteiger charge is 1.67. The molecule has 0 rings (SSSR count). The molecule has 0 N–H and O–H groups in total. The van der Waals surface area contributed by atoms with E-state index in [1.54, 1.807) is 0 Å². The summed E-state index contributed by atoms with van der Waals surface area (Å²) in [5, 5.41) is 32.8. The van der Waals surface area contributed by atoms with Crippen LogP contribution in [0.15, 0.2) is 61.8 Å². The van der Waals surface area contributed by atoms with E-state index in [-0.39, 0.29) is 0 Å². The first-order valence-corrected chi connectivity index (χ1v) is 3.06. The van der Waals surface area contributed by atoms with Crippen molar-refractivity contribution < 1.29 is 0 Å². The summed E-state index contributed by atoms with van der Waals surface area (Å²) in [6.45, 7) is 3.00. The third kappa shape index (κ3) is 9.69. The zero-order chi connectivity index (χ0) is 10.5. The van der Waals surface area contributed by atoms with E-state index in [9.17, 15) is 0 Å². The lowest BCUT2D eigenvalue weighted by Gasteiger charge is -1.68. The number of rotatable bonds is 6. The van der Waals surface area contributed by atoms with Crippen molar-refractivity contribution in [3.05, 3.63) is 0 Å². The molecule has 0 aliphatic rings. The van der Waals surface area contributed by atoms with E-state index in [4.69, 9.17) is 0 Å². The third-order valence-corrected chi connectivity index (χ3v) is 0.533. The lowest BCUT2D eigenvalue weighted by molar-refractivity contribution is 0.766. The van der Waals surface area contributed by atoms with Crippen LogP contribution >= 0.6 is 0 Å². The summed E-state index contributed by atoms with van der Waals surface area (Å²) >= 11 is 4.05. The van der Waals surface area contributed by atoms with E-state index in [0.717, 1.165) is 0 Å². The van der Waals surface area contributed by atoms with E-state index >= 15 is 0 Å². The van der Waals surface area contributed by atoms with E-state index < -0.39 is 0 Å². The fourth-order valence-electron chi connectivity index (χ4n) is 0.188. The van der Waals surface area contributed by atoms with Crippen LogP contribution in [0.4, 0.5) is 0 Å². The van der Waals surface area contributed by atoms with Gasteiger partial charge in [-0.25, -0.2) is 0 Å². The van der Waals surface area contributed by atoms with Crippen molar-refractivity contribution in [1.82, 2.24) is 0 Å². The normalized spacial score (nSPS) is 12.9. The van der Waals surface area contributed by atoms with Crippen LogP contribution < -0.4 is 0 Å². The van der Waals surface area contributed by atoms with Crippen LogP contribution in [0.2, 0.25) is 0 Å². The zero-order valence-electron chi connectivity index (χ0n) is 6.48. The molecule has 0 aromatic rings. The summed E-state index contributed by atoms with van der Waals surface area (Å²) in [4.78, 5) is 0. The van der Waals surface area contributed by atoms with Gasteiger partial charge in [-0.3, -0.25) is 0 Å². The first-order chi connectivity index (χ1) is 6.91. The van der Waals surface area contributed by atoms with Crippen LogP contribution in [0.1, 0.15) is 0 Å². The summed E-state index contributed by atoms with van der Waals surface area (Å²) in [5.41, 5.74) is 0. The maximum Gasteiger partial charge on any atom is 0.0671 e. The highest BCUT2D eigenvalue weighted by atomic mass is 32.1. The van der Waals surface area contributed by atoms with Crippen LogP contribution in [0.3, 0.4) is 0 Å². The smallest absolute Gasteiger partial charge is 0.0671 e. The molecule has 0 aromatic heterocycles. The first-order valence-electron chi connectivity index (χ1n) is 2.70. The summed E-state index contributed by atoms with van der Waals surface area (Å²) in [6.07, 6.45) is 0. The standard InChI is InChI=1S/CH2N12S/c1-2-3-4-5-6-7-8-9-10-11-12-13-14/h1H2. The molecule has 0 aromatic carbocycles. The van der Waals surface area contributed by atoms with Crippen molar-refractivity contribution >= 4 is 19.1 Å². The van der Waals surface area contributed by atoms with Gasteiger partial charge in [-0.05, 0) is 52.2 Å². The Morgan fingerprint density at radius 2 is 0.929 bits per heavy atom. The molecule has 0 unspecified atom stereocenters. The second-order valence-corrected chi connectivity index (χ2v) is 1.28. The predicted octanol–water partition coefficient (Wildman–Crippen LogP) is 2.17. The van der Waals surface area contributed by atoms with Gasteiger partial charge in [0.2, 0.25) is 0 Å². The van der Waals surface area contributed by atoms with Crippen molar-refractivity contribution in [3.63, 3.8) is 0 Å². The number of hydrogen-bond donors (Lipinski definition) is 0. The first kappa shape index (κ1) is 11.7. The Labute approximate surface area is 81.8 Å². The van der Waals surface area contributed by atoms with E-state index in [1.165, 1.54) is 0 Å². The average molecular weight is 214 g/mol. The van der Waals surface area contributed by atoms with Gasteiger partial charge in [-0.2, -0.15) is 0 Å². The highest BCUT2D eigenvalue weighted by molar-refractivity contribution is 7.47. The molecule has 14 heavy (non-hydrogen) atoms. The fraction of sp³-hybridized carbons (Fsp3) is 0. The van der Waals surface area contributed by atoms with Crippen molar-refractivity contribution in [2.45, 2.75) is 0 Å². The largest absolute Gasteiger partial charge is 0.145 e. The fourth-order valence-corrected chi connectivity index (χ4v) is 0.220. The van der Waals surface area contributed by atoms with Gasteiger partial charge < -0.3 is 0 Å². The zero-order valence-corrected chi connectivity index (χ0v) is 7.30. The Balaban J connectivity index is 3.72. The summed E-state index contributed by atoms with van der Waals surface area (Å²) in [5.74, 6) is 0. The van der Waals surface area contributed by atoms with Gasteiger partial charge in [0.25, 0.3) is 0 Å². The lowest BCUT2D eigenvalue weighted by atomic mass is 11.7. The predicted molar refractivity (Wildman–Crippen MR) is 43.6 cm³/mol. The molecule has 0 atom stereocenters. The minimum atomic E-state index is 2.83. The Morgan fingerprint density at radius 3 is 1.29 bits per heavy atom. The molecule has 0 radical (unpaired) electrons. The van der Waals surface area contributed by atoms with Gasteiger partial charge in [-0.1, -0.05) is 4.47 Å². The van der Waals surface area contributed by atoms with Crippen molar-refractivity contribution in [3.8, 4) is 0 Å². The Bertz CT molecular complexity index is 263. The van der Waals surface area contributed by atoms with Crippen LogP contribution in [0, 0.1) is 0 Å². The molecule has 0 spiro atoms. The van der Waals surface area contributed by atoms with Gasteiger partial charge in [-0.15, -0.1) is 5.10 Å². The van der Waals surface area contributed by atoms with Crippen LogP contribution in [-0.4, -0.2) is 6.72 Å². The number of hydrogen-bond acceptors (Lipinski definition) is 2. The average Bonchev–Trinajstić information content (AvgIpc) is 2.21. The maximum absolute atomic E-state index is 4.05. The van der Waals surface area contributed by atoms with Crippen LogP contribution in [0.5, 0.6) is 0 Å². The van der Waals surface area contributed by atoms with Crippen LogP contribution in [-0.2, 0) is 12.4 Å². The van der Waals surface area contributed by atoms with Gasteiger partial charge in [0.15, 0.2) is 0 Å². The molecule has 0 amide bonds. The molecule has 72 valence electrons. The Hall–Kier alpha value is -2.31. The van der Waals surface area contributed by atoms with E-state index in [0.29, 0.717) is 0 Å². The van der Waals surface area contributed by atoms with Gasteiger partial charge in [0, 0.05) is 6.72 Å². The van der Waals surface area contributed by atoms with Gasteiger partial charge in [0.1, 0.15) is 0 Å². The van der Waals surface area contributed by atoms with E-state index in [2.05, 4.69) is 80.9 Å². The Kier molecular flexibility index (Phi) is 8.93. The second kappa shape index (κ2) is 10.7. The maximum atomic E-state index is 4.05.